The number of hydrogen-bond donors (Lipinski definition) is 0. The zero-order valence-electron chi connectivity index (χ0n) is 13.8. The first-order valence-electron chi connectivity index (χ1n) is 7.70. The number of hydrogen-bond acceptors (Lipinski definition) is 6. The zero-order chi connectivity index (χ0) is 17.2. The van der Waals surface area contributed by atoms with E-state index in [1.165, 1.54) is 44.3 Å². The van der Waals surface area contributed by atoms with Crippen molar-refractivity contribution in [3.05, 3.63) is 0 Å². The van der Waals surface area contributed by atoms with E-state index in [4.69, 9.17) is 4.43 Å². The van der Waals surface area contributed by atoms with E-state index >= 15 is 0 Å². The summed E-state index contributed by atoms with van der Waals surface area (Å²) < 4.78 is 43.8. The van der Waals surface area contributed by atoms with Gasteiger partial charge in [-0.1, -0.05) is 31.1 Å². The van der Waals surface area contributed by atoms with Crippen molar-refractivity contribution in [3.8, 4) is 0 Å². The lowest BCUT2D eigenvalue weighted by Crippen LogP contribution is -2.43. The Kier molecular flexibility index (Phi) is 9.86. The number of halogens is 1. The van der Waals surface area contributed by atoms with Gasteiger partial charge < -0.3 is 9.16 Å². The number of rotatable bonds is 5. The van der Waals surface area contributed by atoms with Gasteiger partial charge in [0, 0.05) is 6.10 Å². The third kappa shape index (κ3) is 8.69. The Labute approximate surface area is 133 Å². The third-order valence-electron chi connectivity index (χ3n) is 3.75. The average molecular weight is 359 g/mol. The number of ether oxygens (including phenoxy) is 1. The second-order valence-corrected chi connectivity index (χ2v) is 10.6. The van der Waals surface area contributed by atoms with E-state index in [1.807, 2.05) is 0 Å². The highest BCUT2D eigenvalue weighted by Gasteiger charge is 2.36. The summed E-state index contributed by atoms with van der Waals surface area (Å²) in [5, 5.41) is 0. The van der Waals surface area contributed by atoms with Crippen LogP contribution >= 0.6 is 0 Å². The average Bonchev–Trinajstić information content (AvgIpc) is 2.46. The van der Waals surface area contributed by atoms with Crippen molar-refractivity contribution < 1.29 is 30.4 Å². The Hall–Kier alpha value is -0.673. The molecule has 1 aliphatic rings. The maximum atomic E-state index is 11.4. The molecular formula is C13H27FO6SSi. The SMILES string of the molecule is CCC1CCC[Si](CC)(CC)O1.CCOC(=O)OS(=O)(=O)F. The molecule has 0 N–H and O–H groups in total. The molecular weight excluding hydrogens is 331 g/mol. The van der Waals surface area contributed by atoms with Gasteiger partial charge in [0.2, 0.25) is 0 Å². The molecule has 0 aliphatic carbocycles. The van der Waals surface area contributed by atoms with Gasteiger partial charge in [-0.3, -0.25) is 4.18 Å². The highest BCUT2D eigenvalue weighted by atomic mass is 32.3. The van der Waals surface area contributed by atoms with Gasteiger partial charge in [0.15, 0.2) is 8.32 Å². The summed E-state index contributed by atoms with van der Waals surface area (Å²) in [6, 6.07) is 4.05. The molecule has 0 aromatic heterocycles. The first kappa shape index (κ1) is 21.3. The van der Waals surface area contributed by atoms with Crippen LogP contribution in [0.5, 0.6) is 0 Å². The van der Waals surface area contributed by atoms with Crippen LogP contribution in [-0.2, 0) is 23.9 Å². The van der Waals surface area contributed by atoms with Crippen LogP contribution in [0, 0.1) is 0 Å². The molecule has 1 atom stereocenters. The van der Waals surface area contributed by atoms with E-state index in [1.54, 1.807) is 0 Å². The molecule has 1 saturated heterocycles. The lowest BCUT2D eigenvalue weighted by Gasteiger charge is -2.38. The molecule has 1 heterocycles. The maximum absolute atomic E-state index is 11.4. The van der Waals surface area contributed by atoms with Crippen LogP contribution < -0.4 is 0 Å². The second-order valence-electron chi connectivity index (χ2n) is 5.09. The predicted octanol–water partition coefficient (Wildman–Crippen LogP) is 3.93. The molecule has 6 nitrogen and oxygen atoms in total. The fraction of sp³-hybridized carbons (Fsp3) is 0.923. The standard InChI is InChI=1S/C10H22OSi.C3H5FO5S/c1-4-10-8-7-9-12(5-2,6-3)11-10;1-2-8-3(5)9-10(4,6)7/h10H,4-9H2,1-3H3;2H2,1H3. The van der Waals surface area contributed by atoms with Crippen LogP contribution in [0.1, 0.15) is 47.0 Å². The lowest BCUT2D eigenvalue weighted by molar-refractivity contribution is 0.104. The Morgan fingerprint density at radius 3 is 2.27 bits per heavy atom. The normalized spacial score (nSPS) is 20.5. The highest BCUT2D eigenvalue weighted by molar-refractivity contribution is 7.81. The molecule has 1 unspecified atom stereocenters. The second kappa shape index (κ2) is 10.2. The molecule has 0 amide bonds. The largest absolute Gasteiger partial charge is 0.526 e. The molecule has 1 rings (SSSR count). The van der Waals surface area contributed by atoms with Crippen molar-refractivity contribution in [2.45, 2.75) is 71.2 Å². The summed E-state index contributed by atoms with van der Waals surface area (Å²) in [5.74, 6) is 0. The minimum absolute atomic E-state index is 0.0750. The van der Waals surface area contributed by atoms with Gasteiger partial charge >= 0.3 is 16.7 Å². The fourth-order valence-electron chi connectivity index (χ4n) is 2.40. The van der Waals surface area contributed by atoms with E-state index in [9.17, 15) is 17.1 Å². The van der Waals surface area contributed by atoms with Crippen molar-refractivity contribution in [3.63, 3.8) is 0 Å². The Morgan fingerprint density at radius 1 is 1.27 bits per heavy atom. The quantitative estimate of drug-likeness (QED) is 0.421. The van der Waals surface area contributed by atoms with E-state index in [0.29, 0.717) is 6.10 Å². The van der Waals surface area contributed by atoms with Crippen LogP contribution in [-0.4, -0.2) is 35.6 Å². The summed E-state index contributed by atoms with van der Waals surface area (Å²) in [4.78, 5) is 10.00. The van der Waals surface area contributed by atoms with E-state index in [2.05, 4.69) is 29.7 Å². The van der Waals surface area contributed by atoms with E-state index in [-0.39, 0.29) is 6.61 Å². The van der Waals surface area contributed by atoms with E-state index < -0.39 is 25.0 Å². The lowest BCUT2D eigenvalue weighted by atomic mass is 10.2. The molecule has 0 aromatic carbocycles. The minimum Gasteiger partial charge on any atom is -0.434 e. The van der Waals surface area contributed by atoms with Crippen molar-refractivity contribution in [2.75, 3.05) is 6.61 Å². The topological polar surface area (TPSA) is 78.9 Å². The van der Waals surface area contributed by atoms with Crippen molar-refractivity contribution in [1.29, 1.82) is 0 Å². The van der Waals surface area contributed by atoms with Crippen LogP contribution in [0.15, 0.2) is 0 Å². The monoisotopic (exact) mass is 358 g/mol. The zero-order valence-corrected chi connectivity index (χ0v) is 15.6. The van der Waals surface area contributed by atoms with Crippen LogP contribution in [0.25, 0.3) is 0 Å². The Balaban J connectivity index is 0.000000409. The summed E-state index contributed by atoms with van der Waals surface area (Å²) in [6.07, 6.45) is 2.99. The Morgan fingerprint density at radius 2 is 1.86 bits per heavy atom. The predicted molar refractivity (Wildman–Crippen MR) is 84.1 cm³/mol. The van der Waals surface area contributed by atoms with Gasteiger partial charge in [-0.25, -0.2) is 4.79 Å². The van der Waals surface area contributed by atoms with E-state index in [0.717, 1.165) is 0 Å². The number of carbonyl (C=O) groups is 1. The van der Waals surface area contributed by atoms with Gasteiger partial charge in [-0.05, 0) is 37.9 Å². The summed E-state index contributed by atoms with van der Waals surface area (Å²) in [5.41, 5.74) is 0. The first-order chi connectivity index (χ1) is 10.2. The van der Waals surface area contributed by atoms with Gasteiger partial charge in [-0.2, -0.15) is 8.42 Å². The molecule has 1 fully saturated rings. The third-order valence-corrected chi connectivity index (χ3v) is 8.76. The molecule has 9 heteroatoms. The summed E-state index contributed by atoms with van der Waals surface area (Å²) >= 11 is 0. The fourth-order valence-corrected chi connectivity index (χ4v) is 6.11. The molecule has 1 aliphatic heterocycles. The van der Waals surface area contributed by atoms with Gasteiger partial charge in [-0.15, -0.1) is 0 Å². The molecule has 0 spiro atoms. The van der Waals surface area contributed by atoms with Gasteiger partial charge in [0.05, 0.1) is 6.61 Å². The molecule has 132 valence electrons. The smallest absolute Gasteiger partial charge is 0.434 e. The van der Waals surface area contributed by atoms with Crippen molar-refractivity contribution in [1.82, 2.24) is 0 Å². The molecule has 0 saturated carbocycles. The van der Waals surface area contributed by atoms with Crippen molar-refractivity contribution in [2.24, 2.45) is 0 Å². The van der Waals surface area contributed by atoms with Gasteiger partial charge in [0.1, 0.15) is 0 Å². The van der Waals surface area contributed by atoms with Crippen LogP contribution in [0.3, 0.4) is 0 Å². The minimum atomic E-state index is -5.22. The molecule has 0 bridgehead atoms. The highest BCUT2D eigenvalue weighted by Crippen LogP contribution is 2.32. The van der Waals surface area contributed by atoms with Gasteiger partial charge in [0.25, 0.3) is 0 Å². The Bertz CT molecular complexity index is 424. The number of carbonyl (C=O) groups excluding carboxylic acids is 1. The summed E-state index contributed by atoms with van der Waals surface area (Å²) in [6.45, 7) is 8.22. The van der Waals surface area contributed by atoms with Crippen LogP contribution in [0.2, 0.25) is 18.1 Å². The summed E-state index contributed by atoms with van der Waals surface area (Å²) in [7, 11) is -6.43. The van der Waals surface area contributed by atoms with Crippen LogP contribution in [0.4, 0.5) is 8.68 Å². The molecule has 22 heavy (non-hydrogen) atoms. The van der Waals surface area contributed by atoms with Crippen molar-refractivity contribution >= 4 is 25.0 Å². The first-order valence-corrected chi connectivity index (χ1v) is 11.5. The molecule has 0 aromatic rings. The maximum Gasteiger partial charge on any atom is 0.526 e. The molecule has 0 radical (unpaired) electrons.